The summed E-state index contributed by atoms with van der Waals surface area (Å²) in [6.45, 7) is 2.01. The molecule has 1 aliphatic carbocycles. The summed E-state index contributed by atoms with van der Waals surface area (Å²) in [7, 11) is -2.46. The zero-order chi connectivity index (χ0) is 14.8. The average Bonchev–Trinajstić information content (AvgIpc) is 2.97. The topological polar surface area (TPSA) is 60.4 Å². The van der Waals surface area contributed by atoms with Crippen LogP contribution in [0.4, 0.5) is 0 Å². The Morgan fingerprint density at radius 3 is 2.20 bits per heavy atom. The predicted molar refractivity (Wildman–Crippen MR) is 76.2 cm³/mol. The zero-order valence-corrected chi connectivity index (χ0v) is 12.7. The number of methoxy groups -OCH3 is 1. The fraction of sp³-hybridized carbons (Fsp3) is 0.533. The lowest BCUT2D eigenvalue weighted by atomic mass is 10.1. The molecule has 0 unspecified atom stereocenters. The molecule has 0 aliphatic heterocycles. The minimum Gasteiger partial charge on any atom is -0.468 e. The molecule has 20 heavy (non-hydrogen) atoms. The molecule has 0 saturated heterocycles. The monoisotopic (exact) mass is 296 g/mol. The number of carbonyl (C=O) groups excluding carboxylic acids is 1. The van der Waals surface area contributed by atoms with Crippen LogP contribution in [0.3, 0.4) is 0 Å². The minimum absolute atomic E-state index is 0.210. The molecule has 1 aromatic rings. The van der Waals surface area contributed by atoms with Crippen LogP contribution in [-0.4, -0.2) is 26.2 Å². The van der Waals surface area contributed by atoms with Gasteiger partial charge in [0.05, 0.1) is 12.0 Å². The number of benzene rings is 1. The van der Waals surface area contributed by atoms with E-state index in [1.165, 1.54) is 7.11 Å². The van der Waals surface area contributed by atoms with Crippen LogP contribution in [0.1, 0.15) is 38.2 Å². The normalized spacial score (nSPS) is 17.9. The van der Waals surface area contributed by atoms with Gasteiger partial charge in [-0.15, -0.1) is 0 Å². The van der Waals surface area contributed by atoms with Crippen molar-refractivity contribution in [1.82, 2.24) is 0 Å². The zero-order valence-electron chi connectivity index (χ0n) is 11.9. The van der Waals surface area contributed by atoms with E-state index in [4.69, 9.17) is 4.74 Å². The van der Waals surface area contributed by atoms with Crippen molar-refractivity contribution in [3.05, 3.63) is 29.8 Å². The van der Waals surface area contributed by atoms with Gasteiger partial charge in [0.2, 0.25) is 0 Å². The van der Waals surface area contributed by atoms with E-state index in [9.17, 15) is 13.2 Å². The summed E-state index contributed by atoms with van der Waals surface area (Å²) in [4.78, 5) is 12.3. The van der Waals surface area contributed by atoms with Crippen molar-refractivity contribution < 1.29 is 17.9 Å². The molecule has 1 saturated carbocycles. The molecule has 0 spiro atoms. The molecule has 1 fully saturated rings. The summed E-state index contributed by atoms with van der Waals surface area (Å²) < 4.78 is 29.1. The molecule has 1 aromatic carbocycles. The second kappa shape index (κ2) is 5.56. The number of sulfone groups is 1. The molecule has 0 amide bonds. The number of rotatable bonds is 4. The first kappa shape index (κ1) is 15.0. The smallest absolute Gasteiger partial charge is 0.327 e. The second-order valence-electron chi connectivity index (χ2n) is 5.19. The van der Waals surface area contributed by atoms with Crippen molar-refractivity contribution in [3.63, 3.8) is 0 Å². The van der Waals surface area contributed by atoms with Crippen LogP contribution in [0.5, 0.6) is 0 Å². The van der Waals surface area contributed by atoms with Crippen molar-refractivity contribution in [2.45, 2.75) is 48.7 Å². The highest BCUT2D eigenvalue weighted by Crippen LogP contribution is 2.41. The van der Waals surface area contributed by atoms with E-state index >= 15 is 0 Å². The van der Waals surface area contributed by atoms with Gasteiger partial charge in [0.15, 0.2) is 14.6 Å². The summed E-state index contributed by atoms with van der Waals surface area (Å²) >= 11 is 0. The number of aryl methyl sites for hydroxylation is 1. The third-order valence-electron chi connectivity index (χ3n) is 4.12. The van der Waals surface area contributed by atoms with Gasteiger partial charge in [-0.25, -0.2) is 8.42 Å². The molecular weight excluding hydrogens is 276 g/mol. The van der Waals surface area contributed by atoms with E-state index < -0.39 is 20.6 Å². The fourth-order valence-electron chi connectivity index (χ4n) is 2.84. The van der Waals surface area contributed by atoms with E-state index in [1.807, 2.05) is 6.92 Å². The Morgan fingerprint density at radius 1 is 1.20 bits per heavy atom. The molecule has 0 aromatic heterocycles. The van der Waals surface area contributed by atoms with E-state index in [1.54, 1.807) is 24.3 Å². The summed E-state index contributed by atoms with van der Waals surface area (Å²) in [6, 6.07) is 6.79. The lowest BCUT2D eigenvalue weighted by molar-refractivity contribution is -0.143. The molecule has 2 rings (SSSR count). The molecule has 0 heterocycles. The molecule has 1 aliphatic rings. The lowest BCUT2D eigenvalue weighted by Gasteiger charge is -2.25. The highest BCUT2D eigenvalue weighted by atomic mass is 32.2. The van der Waals surface area contributed by atoms with E-state index in [-0.39, 0.29) is 4.90 Å². The van der Waals surface area contributed by atoms with Crippen LogP contribution in [0.2, 0.25) is 0 Å². The first-order chi connectivity index (χ1) is 9.48. The second-order valence-corrected chi connectivity index (χ2v) is 7.45. The molecule has 110 valence electrons. The Hall–Kier alpha value is -1.36. The number of hydrogen-bond acceptors (Lipinski definition) is 4. The molecule has 5 heteroatoms. The van der Waals surface area contributed by atoms with Gasteiger partial charge in [-0.1, -0.05) is 31.9 Å². The van der Waals surface area contributed by atoms with Crippen LogP contribution in [0.15, 0.2) is 29.2 Å². The Bertz CT molecular complexity index is 581. The Kier molecular flexibility index (Phi) is 4.18. The highest BCUT2D eigenvalue weighted by molar-refractivity contribution is 7.93. The predicted octanol–water partition coefficient (Wildman–Crippen LogP) is 2.51. The van der Waals surface area contributed by atoms with E-state index in [0.717, 1.165) is 24.8 Å². The highest BCUT2D eigenvalue weighted by Gasteiger charge is 2.53. The van der Waals surface area contributed by atoms with Crippen LogP contribution in [0, 0.1) is 0 Å². The van der Waals surface area contributed by atoms with Crippen molar-refractivity contribution in [2.24, 2.45) is 0 Å². The first-order valence-electron chi connectivity index (χ1n) is 6.90. The first-order valence-corrected chi connectivity index (χ1v) is 8.38. The largest absolute Gasteiger partial charge is 0.468 e. The summed E-state index contributed by atoms with van der Waals surface area (Å²) in [5.74, 6) is -0.630. The molecule has 0 N–H and O–H groups in total. The van der Waals surface area contributed by atoms with Gasteiger partial charge in [0, 0.05) is 0 Å². The maximum atomic E-state index is 12.9. The Labute approximate surface area is 120 Å². The van der Waals surface area contributed by atoms with Crippen LogP contribution in [0.25, 0.3) is 0 Å². The Morgan fingerprint density at radius 2 is 1.75 bits per heavy atom. The molecule has 4 nitrogen and oxygen atoms in total. The third kappa shape index (κ3) is 2.24. The third-order valence-corrected chi connectivity index (χ3v) is 6.62. The quantitative estimate of drug-likeness (QED) is 0.801. The van der Waals surface area contributed by atoms with Crippen molar-refractivity contribution in [3.8, 4) is 0 Å². The van der Waals surface area contributed by atoms with E-state index in [2.05, 4.69) is 0 Å². The van der Waals surface area contributed by atoms with Crippen LogP contribution < -0.4 is 0 Å². The van der Waals surface area contributed by atoms with Crippen LogP contribution >= 0.6 is 0 Å². The van der Waals surface area contributed by atoms with Gasteiger partial charge >= 0.3 is 5.97 Å². The average molecular weight is 296 g/mol. The number of carbonyl (C=O) groups is 1. The van der Waals surface area contributed by atoms with Crippen molar-refractivity contribution in [1.29, 1.82) is 0 Å². The SMILES string of the molecule is CCc1ccc(S(=O)(=O)C2(C(=O)OC)CCCC2)cc1. The Balaban J connectivity index is 2.48. The van der Waals surface area contributed by atoms with Gasteiger partial charge in [-0.2, -0.15) is 0 Å². The van der Waals surface area contributed by atoms with Crippen LogP contribution in [-0.2, 0) is 25.8 Å². The van der Waals surface area contributed by atoms with Gasteiger partial charge in [-0.3, -0.25) is 4.79 Å². The van der Waals surface area contributed by atoms with Gasteiger partial charge in [0.25, 0.3) is 0 Å². The molecular formula is C15H20O4S. The van der Waals surface area contributed by atoms with Crippen molar-refractivity contribution >= 4 is 15.8 Å². The van der Waals surface area contributed by atoms with Gasteiger partial charge in [-0.05, 0) is 37.0 Å². The summed E-state index contributed by atoms with van der Waals surface area (Å²) in [5, 5.41) is 0. The number of ether oxygens (including phenoxy) is 1. The maximum absolute atomic E-state index is 12.9. The number of hydrogen-bond donors (Lipinski definition) is 0. The minimum atomic E-state index is -3.71. The van der Waals surface area contributed by atoms with E-state index in [0.29, 0.717) is 12.8 Å². The standard InChI is InChI=1S/C15H20O4S/c1-3-12-6-8-13(9-7-12)20(17,18)15(14(16)19-2)10-4-5-11-15/h6-9H,3-5,10-11H2,1-2H3. The molecule has 0 radical (unpaired) electrons. The fourth-order valence-corrected chi connectivity index (χ4v) is 4.92. The summed E-state index contributed by atoms with van der Waals surface area (Å²) in [6.07, 6.45) is 3.01. The lowest BCUT2D eigenvalue weighted by Crippen LogP contribution is -2.44. The summed E-state index contributed by atoms with van der Waals surface area (Å²) in [5.41, 5.74) is 1.07. The van der Waals surface area contributed by atoms with Gasteiger partial charge < -0.3 is 4.74 Å². The van der Waals surface area contributed by atoms with Gasteiger partial charge in [0.1, 0.15) is 0 Å². The molecule has 0 atom stereocenters. The number of esters is 1. The van der Waals surface area contributed by atoms with Crippen molar-refractivity contribution in [2.75, 3.05) is 7.11 Å². The molecule has 0 bridgehead atoms. The maximum Gasteiger partial charge on any atom is 0.327 e.